The van der Waals surface area contributed by atoms with Gasteiger partial charge in [0, 0.05) is 35.4 Å². The van der Waals surface area contributed by atoms with Crippen molar-refractivity contribution in [3.63, 3.8) is 0 Å². The summed E-state index contributed by atoms with van der Waals surface area (Å²) in [5.74, 6) is 0.106. The van der Waals surface area contributed by atoms with Crippen LogP contribution in [0.4, 0.5) is 11.4 Å². The summed E-state index contributed by atoms with van der Waals surface area (Å²) >= 11 is 3.29. The van der Waals surface area contributed by atoms with Crippen LogP contribution < -0.4 is 19.8 Å². The maximum absolute atomic E-state index is 12.8. The van der Waals surface area contributed by atoms with Gasteiger partial charge in [-0.25, -0.2) is 5.43 Å². The minimum atomic E-state index is -0.664. The average molecular weight is 604 g/mol. The van der Waals surface area contributed by atoms with Gasteiger partial charge in [-0.05, 0) is 42.5 Å². The molecule has 0 aliphatic rings. The number of benzene rings is 3. The molecule has 0 unspecified atom stereocenters. The third kappa shape index (κ3) is 8.03. The van der Waals surface area contributed by atoms with E-state index >= 15 is 0 Å². The van der Waals surface area contributed by atoms with Gasteiger partial charge >= 0.3 is 0 Å². The molecule has 0 bridgehead atoms. The predicted octanol–water partition coefficient (Wildman–Crippen LogP) is 5.68. The molecule has 12 heteroatoms. The van der Waals surface area contributed by atoms with Crippen molar-refractivity contribution in [1.29, 1.82) is 10.5 Å². The monoisotopic (exact) mass is 603 g/mol. The number of azo groups is 1. The zero-order chi connectivity index (χ0) is 28.9. The molecule has 0 saturated heterocycles. The maximum atomic E-state index is 12.8. The Hall–Kier alpha value is -4.94. The molecular formula is C28H26BrN7O4. The largest absolute Gasteiger partial charge is 0.507 e. The fourth-order valence-corrected chi connectivity index (χ4v) is 3.93. The second-order valence-corrected chi connectivity index (χ2v) is 9.04. The Labute approximate surface area is 240 Å². The SMILES string of the molecule is COc1cccc(N=N/C(=N/NC(=O)c2cc(Br)ccc2O)c2ccc(N(CCC#N)CCC#N)cc2OC)c1. The van der Waals surface area contributed by atoms with Crippen LogP contribution in [0.25, 0.3) is 0 Å². The van der Waals surface area contributed by atoms with Crippen LogP contribution in [0.5, 0.6) is 17.2 Å². The molecule has 0 spiro atoms. The van der Waals surface area contributed by atoms with Gasteiger partial charge in [-0.2, -0.15) is 10.5 Å². The number of nitrogens with zero attached hydrogens (tertiary/aromatic N) is 6. The summed E-state index contributed by atoms with van der Waals surface area (Å²) in [5.41, 5.74) is 4.06. The van der Waals surface area contributed by atoms with Crippen LogP contribution in [0.3, 0.4) is 0 Å². The molecule has 0 aromatic heterocycles. The Morgan fingerprint density at radius 2 is 1.75 bits per heavy atom. The highest BCUT2D eigenvalue weighted by Crippen LogP contribution is 2.28. The zero-order valence-corrected chi connectivity index (χ0v) is 23.4. The number of nitriles is 2. The van der Waals surface area contributed by atoms with E-state index in [9.17, 15) is 9.90 Å². The van der Waals surface area contributed by atoms with Crippen LogP contribution in [0.1, 0.15) is 28.8 Å². The number of nitrogens with one attached hydrogen (secondary N) is 1. The van der Waals surface area contributed by atoms with Crippen molar-refractivity contribution in [3.8, 4) is 29.4 Å². The van der Waals surface area contributed by atoms with Crippen LogP contribution in [0, 0.1) is 22.7 Å². The number of carbonyl (C=O) groups excluding carboxylic acids is 1. The normalized spacial score (nSPS) is 11.0. The minimum Gasteiger partial charge on any atom is -0.507 e. The van der Waals surface area contributed by atoms with Gasteiger partial charge in [-0.3, -0.25) is 4.79 Å². The quantitative estimate of drug-likeness (QED) is 0.123. The van der Waals surface area contributed by atoms with Crippen LogP contribution in [-0.4, -0.2) is 44.2 Å². The number of amides is 1. The van der Waals surface area contributed by atoms with Crippen molar-refractivity contribution >= 4 is 39.0 Å². The van der Waals surface area contributed by atoms with Crippen LogP contribution in [0.15, 0.2) is 80.5 Å². The standard InChI is InChI=1S/C28H26BrN7O4/c1-39-22-7-3-6-20(17-22)32-33-27(34-35-28(38)24-16-19(29)8-11-25(24)37)23-10-9-21(18-26(23)40-2)36(14-4-12-30)15-5-13-31/h3,6-11,16-18,37H,4-5,14-15H2,1-2H3,(H,35,38)/b33-32?,34-27+. The third-order valence-electron chi connectivity index (χ3n) is 5.56. The Bertz CT molecular complexity index is 1480. The van der Waals surface area contributed by atoms with Crippen molar-refractivity contribution in [2.45, 2.75) is 12.8 Å². The number of rotatable bonds is 11. The van der Waals surface area contributed by atoms with E-state index in [4.69, 9.17) is 20.0 Å². The zero-order valence-electron chi connectivity index (χ0n) is 21.8. The van der Waals surface area contributed by atoms with Gasteiger partial charge in [-0.1, -0.05) is 22.0 Å². The lowest BCUT2D eigenvalue weighted by molar-refractivity contribution is 0.0952. The Morgan fingerprint density at radius 1 is 1.00 bits per heavy atom. The molecule has 0 saturated carbocycles. The molecule has 40 heavy (non-hydrogen) atoms. The van der Waals surface area contributed by atoms with Crippen LogP contribution in [-0.2, 0) is 0 Å². The first kappa shape index (κ1) is 29.6. The molecular weight excluding hydrogens is 578 g/mol. The third-order valence-corrected chi connectivity index (χ3v) is 6.05. The summed E-state index contributed by atoms with van der Waals surface area (Å²) < 4.78 is 11.5. The van der Waals surface area contributed by atoms with Gasteiger partial charge in [0.05, 0.1) is 56.0 Å². The lowest BCUT2D eigenvalue weighted by atomic mass is 10.1. The molecule has 0 heterocycles. The number of halogens is 1. The number of hydrazone groups is 1. The molecule has 3 aromatic rings. The highest BCUT2D eigenvalue weighted by Gasteiger charge is 2.17. The molecule has 0 radical (unpaired) electrons. The number of amidine groups is 1. The van der Waals surface area contributed by atoms with Crippen molar-refractivity contribution < 1.29 is 19.4 Å². The topological polar surface area (TPSA) is 156 Å². The molecule has 3 rings (SSSR count). The number of hydrogen-bond acceptors (Lipinski definition) is 9. The lowest BCUT2D eigenvalue weighted by Gasteiger charge is -2.23. The Morgan fingerprint density at radius 3 is 2.42 bits per heavy atom. The van der Waals surface area contributed by atoms with E-state index in [-0.39, 0.29) is 30.0 Å². The smallest absolute Gasteiger partial charge is 0.275 e. The van der Waals surface area contributed by atoms with Crippen molar-refractivity contribution in [2.24, 2.45) is 15.3 Å². The lowest BCUT2D eigenvalue weighted by Crippen LogP contribution is -2.25. The van der Waals surface area contributed by atoms with Gasteiger partial charge in [0.25, 0.3) is 5.91 Å². The molecule has 2 N–H and O–H groups in total. The number of ether oxygens (including phenoxy) is 2. The van der Waals surface area contributed by atoms with E-state index in [1.807, 2.05) is 4.90 Å². The predicted molar refractivity (Wildman–Crippen MR) is 153 cm³/mol. The number of hydrogen-bond donors (Lipinski definition) is 2. The first-order valence-corrected chi connectivity index (χ1v) is 12.8. The van der Waals surface area contributed by atoms with Gasteiger partial charge < -0.3 is 19.5 Å². The maximum Gasteiger partial charge on any atom is 0.275 e. The fraction of sp³-hybridized carbons (Fsp3) is 0.214. The van der Waals surface area contributed by atoms with Gasteiger partial charge in [0.15, 0.2) is 0 Å². The summed E-state index contributed by atoms with van der Waals surface area (Å²) in [6.07, 6.45) is 0.566. The minimum absolute atomic E-state index is 0.00940. The van der Waals surface area contributed by atoms with E-state index < -0.39 is 5.91 Å². The number of aromatic hydroxyl groups is 1. The van der Waals surface area contributed by atoms with Gasteiger partial charge in [0.1, 0.15) is 17.2 Å². The van der Waals surface area contributed by atoms with E-state index in [1.165, 1.54) is 19.2 Å². The number of carbonyl (C=O) groups is 1. The Kier molecular flexibility index (Phi) is 11.0. The highest BCUT2D eigenvalue weighted by atomic mass is 79.9. The average Bonchev–Trinajstić information content (AvgIpc) is 2.98. The fourth-order valence-electron chi connectivity index (χ4n) is 3.57. The van der Waals surface area contributed by atoms with E-state index in [1.54, 1.807) is 55.6 Å². The molecule has 1 amide bonds. The van der Waals surface area contributed by atoms with Gasteiger partial charge in [-0.15, -0.1) is 15.3 Å². The number of phenolic OH excluding ortho intramolecular Hbond substituents is 1. The summed E-state index contributed by atoms with van der Waals surface area (Å²) in [7, 11) is 3.02. The van der Waals surface area contributed by atoms with E-state index in [2.05, 4.69) is 48.8 Å². The van der Waals surface area contributed by atoms with Crippen LogP contribution >= 0.6 is 15.9 Å². The van der Waals surface area contributed by atoms with Crippen molar-refractivity contribution in [3.05, 3.63) is 76.3 Å². The first-order valence-electron chi connectivity index (χ1n) is 12.0. The summed E-state index contributed by atoms with van der Waals surface area (Å²) in [6, 6.07) is 20.8. The van der Waals surface area contributed by atoms with Crippen molar-refractivity contribution in [2.75, 3.05) is 32.2 Å². The number of anilines is 1. The Balaban J connectivity index is 2.03. The first-order chi connectivity index (χ1) is 19.4. The second-order valence-electron chi connectivity index (χ2n) is 8.13. The second kappa shape index (κ2) is 14.9. The molecule has 0 aliphatic carbocycles. The van der Waals surface area contributed by atoms with Gasteiger partial charge in [0.2, 0.25) is 5.84 Å². The van der Waals surface area contributed by atoms with E-state index in [0.717, 1.165) is 5.69 Å². The molecule has 11 nitrogen and oxygen atoms in total. The van der Waals surface area contributed by atoms with E-state index in [0.29, 0.717) is 40.3 Å². The molecule has 204 valence electrons. The highest BCUT2D eigenvalue weighted by molar-refractivity contribution is 9.10. The summed E-state index contributed by atoms with van der Waals surface area (Å²) in [5, 5.41) is 41.0. The number of phenols is 1. The summed E-state index contributed by atoms with van der Waals surface area (Å²) in [4.78, 5) is 14.7. The molecule has 0 atom stereocenters. The number of methoxy groups -OCH3 is 2. The molecule has 0 aliphatic heterocycles. The molecule has 3 aromatic carbocycles. The summed E-state index contributed by atoms with van der Waals surface area (Å²) in [6.45, 7) is 0.868. The van der Waals surface area contributed by atoms with Crippen molar-refractivity contribution in [1.82, 2.24) is 5.43 Å². The van der Waals surface area contributed by atoms with Crippen LogP contribution in [0.2, 0.25) is 0 Å². The molecule has 0 fully saturated rings.